The Balaban J connectivity index is 2.39. The van der Waals surface area contributed by atoms with E-state index in [2.05, 4.69) is 15.4 Å². The van der Waals surface area contributed by atoms with Crippen LogP contribution in [0.5, 0.6) is 5.75 Å². The molecule has 19 heavy (non-hydrogen) atoms. The van der Waals surface area contributed by atoms with E-state index in [1.54, 1.807) is 38.1 Å². The molecule has 0 aliphatic carbocycles. The van der Waals surface area contributed by atoms with E-state index in [4.69, 9.17) is 5.11 Å². The number of esters is 1. The highest BCUT2D eigenvalue weighted by Gasteiger charge is 2.10. The summed E-state index contributed by atoms with van der Waals surface area (Å²) >= 11 is 0. The van der Waals surface area contributed by atoms with Crippen LogP contribution in [-0.2, 0) is 9.53 Å². The van der Waals surface area contributed by atoms with Gasteiger partial charge in [0.05, 0.1) is 12.6 Å². The first kappa shape index (κ1) is 14.8. The number of ether oxygens (including phenoxy) is 1. The van der Waals surface area contributed by atoms with Crippen LogP contribution in [0.2, 0.25) is 0 Å². The van der Waals surface area contributed by atoms with E-state index in [0.717, 1.165) is 5.56 Å². The molecule has 0 aliphatic rings. The number of benzene rings is 1. The first-order valence-electron chi connectivity index (χ1n) is 6.01. The lowest BCUT2D eigenvalue weighted by Crippen LogP contribution is -2.40. The van der Waals surface area contributed by atoms with E-state index in [-0.39, 0.29) is 24.9 Å². The zero-order valence-electron chi connectivity index (χ0n) is 11.0. The maximum atomic E-state index is 11.5. The Morgan fingerprint density at radius 1 is 1.32 bits per heavy atom. The largest absolute Gasteiger partial charge is 0.508 e. The number of hydrogen-bond donors (Lipinski definition) is 3. The van der Waals surface area contributed by atoms with Crippen molar-refractivity contribution in [2.45, 2.75) is 19.9 Å². The normalized spacial score (nSPS) is 11.5. The predicted molar refractivity (Wildman–Crippen MR) is 69.7 cm³/mol. The number of amides is 2. The number of urea groups is 1. The molecule has 0 saturated carbocycles. The Bertz CT molecular complexity index is 431. The van der Waals surface area contributed by atoms with Gasteiger partial charge in [0.1, 0.15) is 12.3 Å². The van der Waals surface area contributed by atoms with Gasteiger partial charge in [0.25, 0.3) is 0 Å². The molecule has 6 nitrogen and oxygen atoms in total. The molecule has 0 bridgehead atoms. The maximum Gasteiger partial charge on any atom is 0.325 e. The average molecular weight is 266 g/mol. The van der Waals surface area contributed by atoms with Gasteiger partial charge in [-0.25, -0.2) is 4.79 Å². The summed E-state index contributed by atoms with van der Waals surface area (Å²) < 4.78 is 4.69. The van der Waals surface area contributed by atoms with Crippen molar-refractivity contribution >= 4 is 12.0 Å². The smallest absolute Gasteiger partial charge is 0.325 e. The van der Waals surface area contributed by atoms with E-state index in [1.807, 2.05) is 0 Å². The molecular weight excluding hydrogens is 248 g/mol. The molecule has 0 radical (unpaired) electrons. The first-order valence-corrected chi connectivity index (χ1v) is 6.01. The molecule has 6 heteroatoms. The van der Waals surface area contributed by atoms with Crippen LogP contribution in [0.15, 0.2) is 24.3 Å². The zero-order chi connectivity index (χ0) is 14.3. The van der Waals surface area contributed by atoms with E-state index in [1.165, 1.54) is 0 Å². The summed E-state index contributed by atoms with van der Waals surface area (Å²) in [5.74, 6) is -0.308. The van der Waals surface area contributed by atoms with Crippen LogP contribution >= 0.6 is 0 Å². The van der Waals surface area contributed by atoms with Crippen LogP contribution in [0.1, 0.15) is 25.5 Å². The zero-order valence-corrected chi connectivity index (χ0v) is 11.0. The van der Waals surface area contributed by atoms with Crippen LogP contribution in [-0.4, -0.2) is 30.3 Å². The van der Waals surface area contributed by atoms with Crippen LogP contribution in [0.25, 0.3) is 0 Å². The molecule has 1 atom stereocenters. The van der Waals surface area contributed by atoms with Crippen molar-refractivity contribution in [1.82, 2.24) is 10.6 Å². The Labute approximate surface area is 111 Å². The van der Waals surface area contributed by atoms with Gasteiger partial charge in [0.15, 0.2) is 0 Å². The Morgan fingerprint density at radius 3 is 2.53 bits per heavy atom. The Kier molecular flexibility index (Phi) is 5.66. The third-order valence-electron chi connectivity index (χ3n) is 2.44. The van der Waals surface area contributed by atoms with Gasteiger partial charge < -0.3 is 20.5 Å². The lowest BCUT2D eigenvalue weighted by Gasteiger charge is -2.14. The molecule has 3 N–H and O–H groups in total. The molecule has 0 aromatic heterocycles. The predicted octanol–water partition coefficient (Wildman–Crippen LogP) is 1.32. The summed E-state index contributed by atoms with van der Waals surface area (Å²) in [6.07, 6.45) is 0. The van der Waals surface area contributed by atoms with Crippen LogP contribution in [0, 0.1) is 0 Å². The molecule has 1 aromatic carbocycles. The minimum Gasteiger partial charge on any atom is -0.508 e. The van der Waals surface area contributed by atoms with Gasteiger partial charge in [-0.05, 0) is 31.5 Å². The fraction of sp³-hybridized carbons (Fsp3) is 0.385. The van der Waals surface area contributed by atoms with Crippen molar-refractivity contribution in [2.24, 2.45) is 0 Å². The molecule has 1 aromatic rings. The molecule has 1 unspecified atom stereocenters. The maximum absolute atomic E-state index is 11.5. The topological polar surface area (TPSA) is 87.7 Å². The lowest BCUT2D eigenvalue weighted by molar-refractivity contribution is -0.141. The SMILES string of the molecule is CCOC(=O)CNC(=O)NC(C)c1ccc(O)cc1. The number of rotatable bonds is 5. The standard InChI is InChI=1S/C13H18N2O4/c1-3-19-12(17)8-14-13(18)15-9(2)10-4-6-11(16)7-5-10/h4-7,9,16H,3,8H2,1-2H3,(H2,14,15,18). The van der Waals surface area contributed by atoms with Crippen LogP contribution in [0.3, 0.4) is 0 Å². The van der Waals surface area contributed by atoms with Crippen molar-refractivity contribution in [2.75, 3.05) is 13.2 Å². The minimum absolute atomic E-state index is 0.165. The fourth-order valence-electron chi connectivity index (χ4n) is 1.46. The van der Waals surface area contributed by atoms with Gasteiger partial charge in [0.2, 0.25) is 0 Å². The van der Waals surface area contributed by atoms with Gasteiger partial charge in [0, 0.05) is 0 Å². The molecule has 0 heterocycles. The molecule has 2 amide bonds. The lowest BCUT2D eigenvalue weighted by atomic mass is 10.1. The molecule has 104 valence electrons. The first-order chi connectivity index (χ1) is 9.02. The number of carbonyl (C=O) groups excluding carboxylic acids is 2. The molecule has 0 aliphatic heterocycles. The van der Waals surface area contributed by atoms with Gasteiger partial charge in [-0.15, -0.1) is 0 Å². The number of nitrogens with one attached hydrogen (secondary N) is 2. The summed E-state index contributed by atoms with van der Waals surface area (Å²) in [4.78, 5) is 22.6. The van der Waals surface area contributed by atoms with Gasteiger partial charge in [-0.3, -0.25) is 4.79 Å². The summed E-state index contributed by atoms with van der Waals surface area (Å²) in [6.45, 7) is 3.62. The number of phenolic OH excluding ortho intramolecular Hbond substituents is 1. The van der Waals surface area contributed by atoms with E-state index in [0.29, 0.717) is 0 Å². The summed E-state index contributed by atoms with van der Waals surface area (Å²) in [6, 6.07) is 5.84. The van der Waals surface area contributed by atoms with Crippen molar-refractivity contribution in [3.05, 3.63) is 29.8 Å². The van der Waals surface area contributed by atoms with E-state index < -0.39 is 12.0 Å². The van der Waals surface area contributed by atoms with Crippen LogP contribution in [0.4, 0.5) is 4.79 Å². The van der Waals surface area contributed by atoms with Crippen molar-refractivity contribution in [1.29, 1.82) is 0 Å². The Morgan fingerprint density at radius 2 is 1.95 bits per heavy atom. The number of hydrogen-bond acceptors (Lipinski definition) is 4. The highest BCUT2D eigenvalue weighted by Crippen LogP contribution is 2.15. The highest BCUT2D eigenvalue weighted by molar-refractivity contribution is 5.80. The van der Waals surface area contributed by atoms with Crippen molar-refractivity contribution < 1.29 is 19.4 Å². The van der Waals surface area contributed by atoms with E-state index in [9.17, 15) is 9.59 Å². The van der Waals surface area contributed by atoms with Gasteiger partial charge in [-0.1, -0.05) is 12.1 Å². The molecule has 0 spiro atoms. The average Bonchev–Trinajstić information content (AvgIpc) is 2.37. The second-order valence-corrected chi connectivity index (χ2v) is 3.95. The van der Waals surface area contributed by atoms with E-state index >= 15 is 0 Å². The summed E-state index contributed by atoms with van der Waals surface area (Å²) in [5.41, 5.74) is 0.851. The second-order valence-electron chi connectivity index (χ2n) is 3.95. The summed E-state index contributed by atoms with van der Waals surface area (Å²) in [7, 11) is 0. The monoisotopic (exact) mass is 266 g/mol. The third-order valence-corrected chi connectivity index (χ3v) is 2.44. The minimum atomic E-state index is -0.477. The van der Waals surface area contributed by atoms with Crippen LogP contribution < -0.4 is 10.6 Å². The van der Waals surface area contributed by atoms with Gasteiger partial charge >= 0.3 is 12.0 Å². The number of aromatic hydroxyl groups is 1. The third kappa shape index (κ3) is 5.29. The van der Waals surface area contributed by atoms with Crippen molar-refractivity contribution in [3.63, 3.8) is 0 Å². The fourth-order valence-corrected chi connectivity index (χ4v) is 1.46. The molecule has 1 rings (SSSR count). The molecule has 0 fully saturated rings. The summed E-state index contributed by atoms with van der Waals surface area (Å²) in [5, 5.41) is 14.2. The quantitative estimate of drug-likeness (QED) is 0.701. The Hall–Kier alpha value is -2.24. The van der Waals surface area contributed by atoms with Gasteiger partial charge in [-0.2, -0.15) is 0 Å². The molecule has 0 saturated heterocycles. The number of phenols is 1. The molecular formula is C13H18N2O4. The van der Waals surface area contributed by atoms with Crippen molar-refractivity contribution in [3.8, 4) is 5.75 Å². The number of carbonyl (C=O) groups is 2. The highest BCUT2D eigenvalue weighted by atomic mass is 16.5. The second kappa shape index (κ2) is 7.25.